The van der Waals surface area contributed by atoms with Crippen molar-refractivity contribution in [2.45, 2.75) is 19.6 Å². The van der Waals surface area contributed by atoms with Gasteiger partial charge in [-0.2, -0.15) is 0 Å². The predicted octanol–water partition coefficient (Wildman–Crippen LogP) is 6.50. The summed E-state index contributed by atoms with van der Waals surface area (Å²) in [5.41, 5.74) is 5.55. The molecule has 0 spiro atoms. The summed E-state index contributed by atoms with van der Waals surface area (Å²) in [5.74, 6) is 1.50. The van der Waals surface area contributed by atoms with Crippen LogP contribution in [0, 0.1) is 0 Å². The standard InChI is InChI=1S/C30H30N4O2/c1-21(34(2)3)35-26-15-8-7-14-24(26)29-27(22-11-5-4-6-12-22)28-25(17-20-33-30(28)36-29)32-19-16-23-13-9-10-18-31-23/h4-15,17-18,20-21H,16,19H2,1-3H3,(H,32,33). The Bertz CT molecular complexity index is 1430. The molecule has 1 unspecified atom stereocenters. The highest BCUT2D eigenvalue weighted by molar-refractivity contribution is 6.07. The van der Waals surface area contributed by atoms with E-state index in [0.717, 1.165) is 57.9 Å². The number of hydrogen-bond donors (Lipinski definition) is 1. The molecule has 0 fully saturated rings. The molecule has 0 aliphatic carbocycles. The molecule has 1 N–H and O–H groups in total. The maximum Gasteiger partial charge on any atom is 0.229 e. The molecule has 3 aromatic heterocycles. The number of benzene rings is 2. The van der Waals surface area contributed by atoms with Crippen molar-refractivity contribution in [3.05, 3.63) is 97.0 Å². The molecule has 0 bridgehead atoms. The van der Waals surface area contributed by atoms with E-state index in [2.05, 4.69) is 27.4 Å². The zero-order valence-corrected chi connectivity index (χ0v) is 20.8. The molecule has 5 aromatic rings. The van der Waals surface area contributed by atoms with Crippen LogP contribution in [-0.2, 0) is 6.42 Å². The number of hydrogen-bond acceptors (Lipinski definition) is 6. The Morgan fingerprint density at radius 2 is 1.67 bits per heavy atom. The van der Waals surface area contributed by atoms with Crippen LogP contribution in [0.25, 0.3) is 33.6 Å². The van der Waals surface area contributed by atoms with Crippen LogP contribution in [0.4, 0.5) is 5.69 Å². The SMILES string of the molecule is CC(Oc1ccccc1-c1oc2nccc(NCCc3ccccn3)c2c1-c1ccccc1)N(C)C. The molecule has 2 aromatic carbocycles. The topological polar surface area (TPSA) is 63.4 Å². The fraction of sp³-hybridized carbons (Fsp3) is 0.200. The lowest BCUT2D eigenvalue weighted by atomic mass is 9.98. The molecule has 182 valence electrons. The number of furan rings is 1. The van der Waals surface area contributed by atoms with E-state index in [1.165, 1.54) is 0 Å². The maximum atomic E-state index is 6.47. The lowest BCUT2D eigenvalue weighted by Crippen LogP contribution is -2.30. The third-order valence-electron chi connectivity index (χ3n) is 6.23. The summed E-state index contributed by atoms with van der Waals surface area (Å²) in [5, 5.41) is 4.55. The lowest BCUT2D eigenvalue weighted by Gasteiger charge is -2.22. The van der Waals surface area contributed by atoms with Crippen LogP contribution < -0.4 is 10.1 Å². The van der Waals surface area contributed by atoms with Gasteiger partial charge in [-0.1, -0.05) is 48.5 Å². The zero-order valence-electron chi connectivity index (χ0n) is 20.8. The van der Waals surface area contributed by atoms with Crippen LogP contribution in [0.2, 0.25) is 0 Å². The van der Waals surface area contributed by atoms with Gasteiger partial charge < -0.3 is 14.5 Å². The Labute approximate surface area is 211 Å². The van der Waals surface area contributed by atoms with Gasteiger partial charge in [0.15, 0.2) is 0 Å². The van der Waals surface area contributed by atoms with Crippen LogP contribution >= 0.6 is 0 Å². The number of fused-ring (bicyclic) bond motifs is 1. The van der Waals surface area contributed by atoms with Gasteiger partial charge in [0.1, 0.15) is 17.7 Å². The second-order valence-electron chi connectivity index (χ2n) is 8.89. The van der Waals surface area contributed by atoms with Crippen molar-refractivity contribution >= 4 is 16.8 Å². The molecular weight excluding hydrogens is 448 g/mol. The number of rotatable bonds is 9. The number of nitrogens with one attached hydrogen (secondary N) is 1. The Kier molecular flexibility index (Phi) is 6.96. The van der Waals surface area contributed by atoms with E-state index in [4.69, 9.17) is 9.15 Å². The summed E-state index contributed by atoms with van der Waals surface area (Å²) >= 11 is 0. The van der Waals surface area contributed by atoms with Gasteiger partial charge in [0, 0.05) is 42.3 Å². The molecule has 0 radical (unpaired) electrons. The normalized spacial score (nSPS) is 12.1. The minimum Gasteiger partial charge on any atom is -0.475 e. The first-order valence-corrected chi connectivity index (χ1v) is 12.1. The molecule has 5 rings (SSSR count). The van der Waals surface area contributed by atoms with Crippen molar-refractivity contribution in [2.75, 3.05) is 26.0 Å². The summed E-state index contributed by atoms with van der Waals surface area (Å²) < 4.78 is 12.8. The molecule has 0 amide bonds. The smallest absolute Gasteiger partial charge is 0.229 e. The molecule has 0 saturated carbocycles. The molecule has 1 atom stereocenters. The van der Waals surface area contributed by atoms with Crippen molar-refractivity contribution in [1.82, 2.24) is 14.9 Å². The van der Waals surface area contributed by atoms with Crippen LogP contribution in [0.15, 0.2) is 95.7 Å². The van der Waals surface area contributed by atoms with E-state index >= 15 is 0 Å². The van der Waals surface area contributed by atoms with Gasteiger partial charge in [0.25, 0.3) is 0 Å². The van der Waals surface area contributed by atoms with Gasteiger partial charge >= 0.3 is 0 Å². The average molecular weight is 479 g/mol. The molecule has 0 aliphatic heterocycles. The molecular formula is C30H30N4O2. The zero-order chi connectivity index (χ0) is 24.9. The summed E-state index contributed by atoms with van der Waals surface area (Å²) in [6, 6.07) is 26.3. The summed E-state index contributed by atoms with van der Waals surface area (Å²) in [6.45, 7) is 2.77. The van der Waals surface area contributed by atoms with Crippen molar-refractivity contribution in [3.63, 3.8) is 0 Å². The van der Waals surface area contributed by atoms with E-state index in [0.29, 0.717) is 5.71 Å². The third kappa shape index (κ3) is 4.95. The molecule has 6 nitrogen and oxygen atoms in total. The fourth-order valence-corrected chi connectivity index (χ4v) is 4.16. The van der Waals surface area contributed by atoms with Crippen molar-refractivity contribution in [3.8, 4) is 28.2 Å². The minimum absolute atomic E-state index is 0.0994. The second-order valence-corrected chi connectivity index (χ2v) is 8.89. The first-order valence-electron chi connectivity index (χ1n) is 12.1. The predicted molar refractivity (Wildman–Crippen MR) is 145 cm³/mol. The van der Waals surface area contributed by atoms with Crippen molar-refractivity contribution in [2.24, 2.45) is 0 Å². The summed E-state index contributed by atoms with van der Waals surface area (Å²) in [7, 11) is 3.99. The molecule has 36 heavy (non-hydrogen) atoms. The fourth-order valence-electron chi connectivity index (χ4n) is 4.16. The van der Waals surface area contributed by atoms with Crippen LogP contribution in [-0.4, -0.2) is 41.7 Å². The van der Waals surface area contributed by atoms with E-state index in [-0.39, 0.29) is 6.23 Å². The second kappa shape index (κ2) is 10.6. The number of nitrogens with zero attached hydrogens (tertiary/aromatic N) is 3. The summed E-state index contributed by atoms with van der Waals surface area (Å²) in [4.78, 5) is 11.1. The molecule has 0 saturated heterocycles. The van der Waals surface area contributed by atoms with Crippen molar-refractivity contribution in [1.29, 1.82) is 0 Å². The highest BCUT2D eigenvalue weighted by Crippen LogP contribution is 2.45. The van der Waals surface area contributed by atoms with Gasteiger partial charge in [0.2, 0.25) is 5.71 Å². The number of ether oxygens (including phenoxy) is 1. The van der Waals surface area contributed by atoms with Gasteiger partial charge in [-0.05, 0) is 56.9 Å². The minimum atomic E-state index is -0.0994. The Balaban J connectivity index is 1.61. The van der Waals surface area contributed by atoms with E-state index in [9.17, 15) is 0 Å². The molecule has 0 aliphatic rings. The van der Waals surface area contributed by atoms with Gasteiger partial charge in [-0.25, -0.2) is 4.98 Å². The quantitative estimate of drug-likeness (QED) is 0.244. The Morgan fingerprint density at radius 1 is 0.889 bits per heavy atom. The van der Waals surface area contributed by atoms with Crippen LogP contribution in [0.5, 0.6) is 5.75 Å². The van der Waals surface area contributed by atoms with Crippen LogP contribution in [0.3, 0.4) is 0 Å². The lowest BCUT2D eigenvalue weighted by molar-refractivity contribution is 0.0820. The number of pyridine rings is 2. The Hall–Kier alpha value is -4.16. The van der Waals surface area contributed by atoms with E-state index < -0.39 is 0 Å². The van der Waals surface area contributed by atoms with E-state index in [1.54, 1.807) is 6.20 Å². The first kappa shape index (κ1) is 23.6. The number of para-hydroxylation sites is 1. The number of anilines is 1. The number of aromatic nitrogens is 2. The maximum absolute atomic E-state index is 6.47. The highest BCUT2D eigenvalue weighted by Gasteiger charge is 2.24. The molecule has 3 heterocycles. The van der Waals surface area contributed by atoms with Gasteiger partial charge in [-0.3, -0.25) is 9.88 Å². The first-order chi connectivity index (χ1) is 17.6. The summed E-state index contributed by atoms with van der Waals surface area (Å²) in [6.07, 6.45) is 4.32. The Morgan fingerprint density at radius 3 is 2.44 bits per heavy atom. The van der Waals surface area contributed by atoms with Crippen molar-refractivity contribution < 1.29 is 9.15 Å². The monoisotopic (exact) mass is 478 g/mol. The molecule has 6 heteroatoms. The highest BCUT2D eigenvalue weighted by atomic mass is 16.5. The van der Waals surface area contributed by atoms with Gasteiger partial charge in [0.05, 0.1) is 10.9 Å². The van der Waals surface area contributed by atoms with Gasteiger partial charge in [-0.15, -0.1) is 0 Å². The van der Waals surface area contributed by atoms with E-state index in [1.807, 2.05) is 98.8 Å². The third-order valence-corrected chi connectivity index (χ3v) is 6.23. The van der Waals surface area contributed by atoms with Crippen LogP contribution in [0.1, 0.15) is 12.6 Å². The largest absolute Gasteiger partial charge is 0.475 e. The average Bonchev–Trinajstić information content (AvgIpc) is 3.30.